The Hall–Kier alpha value is -1.73. The first-order valence-corrected chi connectivity index (χ1v) is 6.56. The molecule has 0 aromatic heterocycles. The van der Waals surface area contributed by atoms with Gasteiger partial charge in [0, 0.05) is 25.2 Å². The average molecular weight is 242 g/mol. The molecule has 1 heterocycles. The highest BCUT2D eigenvalue weighted by Gasteiger charge is 2.34. The quantitative estimate of drug-likeness (QED) is 0.793. The van der Waals surface area contributed by atoms with Gasteiger partial charge in [-0.3, -0.25) is 4.90 Å². The Labute approximate surface area is 107 Å². The smallest absolute Gasteiger partial charge is 0.0992 e. The molecule has 0 amide bonds. The number of hydrogen-bond acceptors (Lipinski definition) is 4. The van der Waals surface area contributed by atoms with Crippen molar-refractivity contribution in [2.45, 2.75) is 31.3 Å². The van der Waals surface area contributed by atoms with Crippen LogP contribution < -0.4 is 11.1 Å². The topological polar surface area (TPSA) is 65.1 Å². The third-order valence-corrected chi connectivity index (χ3v) is 3.82. The van der Waals surface area contributed by atoms with Crippen molar-refractivity contribution in [3.05, 3.63) is 23.8 Å². The summed E-state index contributed by atoms with van der Waals surface area (Å²) < 4.78 is 0. The lowest BCUT2D eigenvalue weighted by Gasteiger charge is -2.17. The molecule has 0 bridgehead atoms. The molecule has 2 aliphatic rings. The van der Waals surface area contributed by atoms with E-state index in [4.69, 9.17) is 11.0 Å². The first kappa shape index (κ1) is 11.4. The molecule has 1 aliphatic carbocycles. The van der Waals surface area contributed by atoms with Crippen LogP contribution in [0.4, 0.5) is 11.4 Å². The summed E-state index contributed by atoms with van der Waals surface area (Å²) in [6, 6.07) is 8.89. The SMILES string of the molecule is N#Cc1ccc(NC2CCN(C3CC3)C2)c(N)c1. The fourth-order valence-corrected chi connectivity index (χ4v) is 2.66. The summed E-state index contributed by atoms with van der Waals surface area (Å²) in [6.45, 7) is 2.31. The lowest BCUT2D eigenvalue weighted by molar-refractivity contribution is 0.326. The van der Waals surface area contributed by atoms with E-state index in [0.717, 1.165) is 18.3 Å². The van der Waals surface area contributed by atoms with Crippen molar-refractivity contribution < 1.29 is 0 Å². The van der Waals surface area contributed by atoms with E-state index in [1.165, 1.54) is 25.8 Å². The third-order valence-electron chi connectivity index (χ3n) is 3.82. The Morgan fingerprint density at radius 1 is 1.33 bits per heavy atom. The lowest BCUT2D eigenvalue weighted by Crippen LogP contribution is -2.27. The summed E-state index contributed by atoms with van der Waals surface area (Å²) in [5.41, 5.74) is 8.19. The van der Waals surface area contributed by atoms with E-state index >= 15 is 0 Å². The number of likely N-dealkylation sites (tertiary alicyclic amines) is 1. The molecule has 0 spiro atoms. The Kier molecular flexibility index (Phi) is 2.85. The van der Waals surface area contributed by atoms with Gasteiger partial charge in [-0.15, -0.1) is 0 Å². The van der Waals surface area contributed by atoms with Crippen LogP contribution in [0.3, 0.4) is 0 Å². The molecule has 1 aromatic rings. The number of rotatable bonds is 3. The average Bonchev–Trinajstić information content (AvgIpc) is 3.13. The first-order valence-electron chi connectivity index (χ1n) is 6.56. The largest absolute Gasteiger partial charge is 0.397 e. The lowest BCUT2D eigenvalue weighted by atomic mass is 10.1. The second-order valence-electron chi connectivity index (χ2n) is 5.27. The first-order chi connectivity index (χ1) is 8.76. The molecule has 2 fully saturated rings. The second-order valence-corrected chi connectivity index (χ2v) is 5.27. The monoisotopic (exact) mass is 242 g/mol. The van der Waals surface area contributed by atoms with Gasteiger partial charge in [0.2, 0.25) is 0 Å². The van der Waals surface area contributed by atoms with Gasteiger partial charge >= 0.3 is 0 Å². The van der Waals surface area contributed by atoms with Gasteiger partial charge in [-0.2, -0.15) is 5.26 Å². The zero-order valence-electron chi connectivity index (χ0n) is 10.4. The van der Waals surface area contributed by atoms with Crippen LogP contribution >= 0.6 is 0 Å². The normalized spacial score (nSPS) is 23.8. The number of nitrogens with one attached hydrogen (secondary N) is 1. The molecule has 1 unspecified atom stereocenters. The minimum Gasteiger partial charge on any atom is -0.397 e. The molecule has 1 aliphatic heterocycles. The van der Waals surface area contributed by atoms with Gasteiger partial charge in [0.05, 0.1) is 23.0 Å². The summed E-state index contributed by atoms with van der Waals surface area (Å²) >= 11 is 0. The highest BCUT2D eigenvalue weighted by molar-refractivity contribution is 5.68. The van der Waals surface area contributed by atoms with Crippen molar-refractivity contribution in [2.75, 3.05) is 24.1 Å². The van der Waals surface area contributed by atoms with Gasteiger partial charge in [0.25, 0.3) is 0 Å². The van der Waals surface area contributed by atoms with Crippen molar-refractivity contribution in [2.24, 2.45) is 0 Å². The zero-order valence-corrected chi connectivity index (χ0v) is 10.4. The van der Waals surface area contributed by atoms with E-state index in [-0.39, 0.29) is 0 Å². The summed E-state index contributed by atoms with van der Waals surface area (Å²) in [7, 11) is 0. The van der Waals surface area contributed by atoms with Crippen molar-refractivity contribution in [1.29, 1.82) is 5.26 Å². The van der Waals surface area contributed by atoms with Gasteiger partial charge in [0.15, 0.2) is 0 Å². The fourth-order valence-electron chi connectivity index (χ4n) is 2.66. The number of hydrogen-bond donors (Lipinski definition) is 2. The fraction of sp³-hybridized carbons (Fsp3) is 0.500. The van der Waals surface area contributed by atoms with Crippen molar-refractivity contribution in [3.8, 4) is 6.07 Å². The molecule has 3 N–H and O–H groups in total. The van der Waals surface area contributed by atoms with E-state index in [9.17, 15) is 0 Å². The van der Waals surface area contributed by atoms with Crippen LogP contribution in [-0.2, 0) is 0 Å². The molecule has 1 saturated heterocycles. The molecule has 4 nitrogen and oxygen atoms in total. The molecule has 94 valence electrons. The molecule has 18 heavy (non-hydrogen) atoms. The number of anilines is 2. The highest BCUT2D eigenvalue weighted by Crippen LogP contribution is 2.31. The number of nitrogens with two attached hydrogens (primary N) is 1. The second kappa shape index (κ2) is 4.51. The van der Waals surface area contributed by atoms with E-state index in [2.05, 4.69) is 16.3 Å². The Morgan fingerprint density at radius 2 is 2.17 bits per heavy atom. The minimum atomic E-state index is 0.487. The van der Waals surface area contributed by atoms with Gasteiger partial charge in [-0.25, -0.2) is 0 Å². The summed E-state index contributed by atoms with van der Waals surface area (Å²) in [6.07, 6.45) is 3.91. The standard InChI is InChI=1S/C14H18N4/c15-8-10-1-4-14(13(16)7-10)17-11-5-6-18(9-11)12-2-3-12/h1,4,7,11-12,17H,2-3,5-6,9,16H2. The van der Waals surface area contributed by atoms with Crippen LogP contribution in [0.25, 0.3) is 0 Å². The number of nitrogen functional groups attached to an aromatic ring is 1. The Balaban J connectivity index is 1.64. The maximum absolute atomic E-state index is 8.81. The molecule has 1 aromatic carbocycles. The van der Waals surface area contributed by atoms with Crippen LogP contribution in [0, 0.1) is 11.3 Å². The molecular weight excluding hydrogens is 224 g/mol. The number of nitrogens with zero attached hydrogens (tertiary/aromatic N) is 2. The summed E-state index contributed by atoms with van der Waals surface area (Å²) in [5.74, 6) is 0. The predicted molar refractivity (Wildman–Crippen MR) is 72.2 cm³/mol. The van der Waals surface area contributed by atoms with Crippen LogP contribution in [0.1, 0.15) is 24.8 Å². The maximum atomic E-state index is 8.81. The van der Waals surface area contributed by atoms with Gasteiger partial charge < -0.3 is 11.1 Å². The van der Waals surface area contributed by atoms with E-state index < -0.39 is 0 Å². The zero-order chi connectivity index (χ0) is 12.5. The minimum absolute atomic E-state index is 0.487. The van der Waals surface area contributed by atoms with Gasteiger partial charge in [0.1, 0.15) is 0 Å². The molecule has 3 rings (SSSR count). The van der Waals surface area contributed by atoms with Gasteiger partial charge in [-0.1, -0.05) is 0 Å². The van der Waals surface area contributed by atoms with Crippen molar-refractivity contribution in [3.63, 3.8) is 0 Å². The van der Waals surface area contributed by atoms with Crippen molar-refractivity contribution in [1.82, 2.24) is 4.90 Å². The molecule has 1 saturated carbocycles. The highest BCUT2D eigenvalue weighted by atomic mass is 15.2. The van der Waals surface area contributed by atoms with Crippen LogP contribution in [0.5, 0.6) is 0 Å². The maximum Gasteiger partial charge on any atom is 0.0992 e. The predicted octanol–water partition coefficient (Wildman–Crippen LogP) is 1.79. The van der Waals surface area contributed by atoms with Crippen LogP contribution in [0.2, 0.25) is 0 Å². The van der Waals surface area contributed by atoms with Crippen LogP contribution in [-0.4, -0.2) is 30.1 Å². The molecule has 4 heteroatoms. The molecule has 0 radical (unpaired) electrons. The Morgan fingerprint density at radius 3 is 2.83 bits per heavy atom. The Bertz CT molecular complexity index is 487. The van der Waals surface area contributed by atoms with Gasteiger partial charge in [-0.05, 0) is 37.5 Å². The number of benzene rings is 1. The van der Waals surface area contributed by atoms with Crippen LogP contribution in [0.15, 0.2) is 18.2 Å². The third kappa shape index (κ3) is 2.27. The van der Waals surface area contributed by atoms with E-state index in [1.807, 2.05) is 12.1 Å². The van der Waals surface area contributed by atoms with E-state index in [0.29, 0.717) is 17.3 Å². The van der Waals surface area contributed by atoms with Crippen molar-refractivity contribution >= 4 is 11.4 Å². The number of nitriles is 1. The summed E-state index contributed by atoms with van der Waals surface area (Å²) in [5, 5.41) is 12.3. The summed E-state index contributed by atoms with van der Waals surface area (Å²) in [4.78, 5) is 2.57. The molecule has 1 atom stereocenters. The molecular formula is C14H18N4. The van der Waals surface area contributed by atoms with E-state index in [1.54, 1.807) is 6.07 Å².